The van der Waals surface area contributed by atoms with E-state index in [0.717, 1.165) is 46.7 Å². The smallest absolute Gasteiger partial charge is 0.409 e. The molecule has 1 aromatic heterocycles. The van der Waals surface area contributed by atoms with Crippen LogP contribution in [0.1, 0.15) is 17.2 Å². The largest absolute Gasteiger partial charge is 0.491 e. The predicted octanol–water partition coefficient (Wildman–Crippen LogP) is 4.00. The minimum absolute atomic E-state index is 0.130. The molecular weight excluding hydrogens is 604 g/mol. The number of primary amides is 1. The van der Waals surface area contributed by atoms with Crippen molar-refractivity contribution >= 4 is 27.7 Å². The topological polar surface area (TPSA) is 126 Å². The Labute approximate surface area is 251 Å². The molecule has 3 aromatic carbocycles. The first-order chi connectivity index (χ1) is 20.5. The molecule has 3 unspecified atom stereocenters. The summed E-state index contributed by atoms with van der Waals surface area (Å²) < 4.78 is 26.5. The Kier molecular flexibility index (Phi) is 8.38. The highest BCUT2D eigenvalue weighted by atomic mass is 79.9. The predicted molar refractivity (Wildman–Crippen MR) is 158 cm³/mol. The first kappa shape index (κ1) is 28.2. The maximum atomic E-state index is 11.0. The quantitative estimate of drug-likeness (QED) is 0.281. The van der Waals surface area contributed by atoms with Crippen molar-refractivity contribution in [1.82, 2.24) is 20.1 Å². The third-order valence-corrected chi connectivity index (χ3v) is 7.84. The van der Waals surface area contributed by atoms with E-state index in [-0.39, 0.29) is 12.1 Å². The van der Waals surface area contributed by atoms with E-state index in [4.69, 9.17) is 24.7 Å². The highest BCUT2D eigenvalue weighted by molar-refractivity contribution is 9.10. The lowest BCUT2D eigenvalue weighted by atomic mass is 10.0. The van der Waals surface area contributed by atoms with Crippen molar-refractivity contribution in [1.29, 1.82) is 0 Å². The van der Waals surface area contributed by atoms with Crippen LogP contribution in [0.15, 0.2) is 89.9 Å². The Balaban J connectivity index is 1.10. The zero-order chi connectivity index (χ0) is 28.9. The molecule has 1 amide bonds. The molecule has 3 N–H and O–H groups in total. The summed E-state index contributed by atoms with van der Waals surface area (Å²) in [5, 5.41) is 7.73. The summed E-state index contributed by atoms with van der Waals surface area (Å²) in [4.78, 5) is 17.4. The zero-order valence-electron chi connectivity index (χ0n) is 22.8. The highest BCUT2D eigenvalue weighted by Gasteiger charge is 2.44. The fourth-order valence-electron chi connectivity index (χ4n) is 5.31. The summed E-state index contributed by atoms with van der Waals surface area (Å²) in [5.74, 6) is 0.181. The summed E-state index contributed by atoms with van der Waals surface area (Å²) in [6, 6.07) is 23.6. The average molecular weight is 636 g/mol. The van der Waals surface area contributed by atoms with Crippen LogP contribution in [0.25, 0.3) is 0 Å². The van der Waals surface area contributed by atoms with Gasteiger partial charge in [-0.05, 0) is 54.1 Å². The molecule has 0 bridgehead atoms. The van der Waals surface area contributed by atoms with Crippen molar-refractivity contribution in [2.24, 2.45) is 5.73 Å². The number of carbonyl (C=O) groups excluding carboxylic acids is 1. The number of benzene rings is 3. The highest BCUT2D eigenvalue weighted by Crippen LogP contribution is 2.37. The van der Waals surface area contributed by atoms with Crippen molar-refractivity contribution in [3.05, 3.63) is 101 Å². The molecule has 0 saturated carbocycles. The maximum Gasteiger partial charge on any atom is 0.409 e. The number of piperazine rings is 1. The van der Waals surface area contributed by atoms with E-state index in [1.807, 2.05) is 48.5 Å². The Hall–Kier alpha value is -3.97. The van der Waals surface area contributed by atoms with Crippen LogP contribution in [0.3, 0.4) is 0 Å². The molecule has 11 nitrogen and oxygen atoms in total. The number of nitrogens with one attached hydrogen (secondary N) is 1. The number of nitrogens with two attached hydrogens (primary N) is 1. The Morgan fingerprint density at radius 2 is 1.83 bits per heavy atom. The number of aromatic nitrogens is 3. The SMILES string of the molecule is NC(=O)Oc1ccc(N2CCNCC2c2ccc(OCC3COC(Cn4cncn4)(c4ccc(Br)cc4)O3)cc2)cc1. The van der Waals surface area contributed by atoms with Gasteiger partial charge in [-0.3, -0.25) is 0 Å². The van der Waals surface area contributed by atoms with E-state index in [0.29, 0.717) is 25.5 Å². The van der Waals surface area contributed by atoms with E-state index in [2.05, 4.69) is 48.4 Å². The fraction of sp³-hybridized carbons (Fsp3) is 0.300. The van der Waals surface area contributed by atoms with Crippen LogP contribution >= 0.6 is 15.9 Å². The summed E-state index contributed by atoms with van der Waals surface area (Å²) in [7, 11) is 0. The second-order valence-corrected chi connectivity index (χ2v) is 11.0. The van der Waals surface area contributed by atoms with Gasteiger partial charge in [0.05, 0.1) is 12.6 Å². The lowest BCUT2D eigenvalue weighted by molar-refractivity contribution is -0.190. The Morgan fingerprint density at radius 1 is 1.07 bits per heavy atom. The number of ether oxygens (including phenoxy) is 4. The summed E-state index contributed by atoms with van der Waals surface area (Å²) >= 11 is 3.50. The zero-order valence-corrected chi connectivity index (χ0v) is 24.4. The number of anilines is 1. The molecule has 0 aliphatic carbocycles. The van der Waals surface area contributed by atoms with Gasteiger partial charge >= 0.3 is 6.09 Å². The van der Waals surface area contributed by atoms with Crippen molar-refractivity contribution < 1.29 is 23.7 Å². The van der Waals surface area contributed by atoms with E-state index in [1.165, 1.54) is 6.33 Å². The fourth-order valence-corrected chi connectivity index (χ4v) is 5.58. The van der Waals surface area contributed by atoms with Gasteiger partial charge in [-0.25, -0.2) is 14.5 Å². The monoisotopic (exact) mass is 634 g/mol. The molecule has 42 heavy (non-hydrogen) atoms. The molecule has 2 saturated heterocycles. The molecule has 2 aliphatic heterocycles. The van der Waals surface area contributed by atoms with E-state index in [9.17, 15) is 4.79 Å². The minimum atomic E-state index is -0.992. The molecule has 2 aliphatic rings. The van der Waals surface area contributed by atoms with Crippen LogP contribution in [0, 0.1) is 0 Å². The minimum Gasteiger partial charge on any atom is -0.491 e. The van der Waals surface area contributed by atoms with Gasteiger partial charge in [-0.1, -0.05) is 40.2 Å². The van der Waals surface area contributed by atoms with Crippen molar-refractivity contribution in [3.63, 3.8) is 0 Å². The Morgan fingerprint density at radius 3 is 2.55 bits per heavy atom. The maximum absolute atomic E-state index is 11.0. The molecule has 12 heteroatoms. The van der Waals surface area contributed by atoms with E-state index < -0.39 is 11.9 Å². The molecule has 2 fully saturated rings. The first-order valence-electron chi connectivity index (χ1n) is 13.7. The molecular formula is C30H31BrN6O5. The van der Waals surface area contributed by atoms with Crippen molar-refractivity contribution in [2.75, 3.05) is 37.7 Å². The third kappa shape index (κ3) is 6.41. The molecule has 0 spiro atoms. The van der Waals surface area contributed by atoms with Gasteiger partial charge in [-0.15, -0.1) is 0 Å². The summed E-state index contributed by atoms with van der Waals surface area (Å²) in [6.45, 7) is 3.61. The van der Waals surface area contributed by atoms with Gasteiger partial charge in [0.1, 0.15) is 43.4 Å². The van der Waals surface area contributed by atoms with Crippen LogP contribution in [0.5, 0.6) is 11.5 Å². The average Bonchev–Trinajstić information content (AvgIpc) is 3.68. The number of hydrogen-bond donors (Lipinski definition) is 2. The second kappa shape index (κ2) is 12.5. The number of nitrogens with zero attached hydrogens (tertiary/aromatic N) is 4. The summed E-state index contributed by atoms with van der Waals surface area (Å²) in [6.07, 6.45) is 2.05. The van der Waals surface area contributed by atoms with Crippen molar-refractivity contribution in [3.8, 4) is 11.5 Å². The van der Waals surface area contributed by atoms with Gasteiger partial charge in [-0.2, -0.15) is 5.10 Å². The van der Waals surface area contributed by atoms with Gasteiger partial charge in [0, 0.05) is 35.4 Å². The number of rotatable bonds is 9. The third-order valence-electron chi connectivity index (χ3n) is 7.31. The Bertz CT molecular complexity index is 1470. The molecule has 3 atom stereocenters. The molecule has 6 rings (SSSR count). The molecule has 3 heterocycles. The number of halogens is 1. The summed E-state index contributed by atoms with van der Waals surface area (Å²) in [5.41, 5.74) is 8.23. The number of carbonyl (C=O) groups is 1. The number of hydrogen-bond acceptors (Lipinski definition) is 9. The van der Waals surface area contributed by atoms with E-state index >= 15 is 0 Å². The van der Waals surface area contributed by atoms with Crippen LogP contribution in [-0.2, 0) is 21.8 Å². The lowest BCUT2D eigenvalue weighted by Crippen LogP contribution is -2.46. The molecule has 4 aromatic rings. The second-order valence-electron chi connectivity index (χ2n) is 10.1. The van der Waals surface area contributed by atoms with E-state index in [1.54, 1.807) is 23.1 Å². The van der Waals surface area contributed by atoms with Gasteiger partial charge < -0.3 is 34.9 Å². The van der Waals surface area contributed by atoms with Gasteiger partial charge in [0.15, 0.2) is 0 Å². The molecule has 0 radical (unpaired) electrons. The molecule has 218 valence electrons. The first-order valence-corrected chi connectivity index (χ1v) is 14.4. The normalized spacial score (nSPS) is 22.2. The van der Waals surface area contributed by atoms with Crippen LogP contribution in [0.2, 0.25) is 0 Å². The van der Waals surface area contributed by atoms with Crippen LogP contribution in [0.4, 0.5) is 10.5 Å². The van der Waals surface area contributed by atoms with Crippen LogP contribution < -0.4 is 25.4 Å². The van der Waals surface area contributed by atoms with Crippen molar-refractivity contribution in [2.45, 2.75) is 24.5 Å². The number of amides is 1. The van der Waals surface area contributed by atoms with Gasteiger partial charge in [0.25, 0.3) is 0 Å². The van der Waals surface area contributed by atoms with Gasteiger partial charge in [0.2, 0.25) is 5.79 Å². The lowest BCUT2D eigenvalue weighted by Gasteiger charge is -2.38. The van der Waals surface area contributed by atoms with Crippen LogP contribution in [-0.4, -0.2) is 59.8 Å². The standard InChI is InChI=1S/C30H31BrN6O5/c31-23-5-3-22(4-6-23)30(18-36-20-34-19-35-36)40-17-27(42-30)16-39-25-9-1-21(2-10-25)28-15-33-13-14-37(28)24-7-11-26(12-8-24)41-29(32)38/h1-12,19-20,27-28,33H,13-18H2,(H2,32,38).